The molecule has 8 nitrogen and oxygen atoms in total. The number of fused-ring (bicyclic) bond motifs is 2. The smallest absolute Gasteiger partial charge is 0.191 e. The van der Waals surface area contributed by atoms with Crippen molar-refractivity contribution in [3.63, 3.8) is 0 Å². The van der Waals surface area contributed by atoms with Gasteiger partial charge >= 0.3 is 0 Å². The van der Waals surface area contributed by atoms with Gasteiger partial charge in [0.05, 0.1) is 13.1 Å². The summed E-state index contributed by atoms with van der Waals surface area (Å²) in [7, 11) is 1.67. The van der Waals surface area contributed by atoms with E-state index in [2.05, 4.69) is 50.9 Å². The fraction of sp³-hybridized carbons (Fsp3) is 0.667. The van der Waals surface area contributed by atoms with Gasteiger partial charge in [0, 0.05) is 50.1 Å². The van der Waals surface area contributed by atoms with Gasteiger partial charge in [-0.15, -0.1) is 11.3 Å². The Balaban J connectivity index is 1.33. The number of guanidine groups is 1. The molecule has 0 amide bonds. The molecule has 2 aromatic rings. The van der Waals surface area contributed by atoms with Crippen LogP contribution in [0.25, 0.3) is 0 Å². The Labute approximate surface area is 182 Å². The molecule has 0 saturated heterocycles. The number of hydrogen-bond acceptors (Lipinski definition) is 6. The van der Waals surface area contributed by atoms with Gasteiger partial charge in [0.2, 0.25) is 0 Å². The highest BCUT2D eigenvalue weighted by Gasteiger charge is 2.24. The standard InChI is InChI=1S/C21H33N7OS/c1-4-22-21(23-11-15(2)27-9-7-18-16(12-27)8-10-30-18)24-17-5-6-20-25-19(14-29-3)26-28(20)13-17/h8,10,15,17H,4-7,9,11-14H2,1-3H3,(H2,22,23,24). The van der Waals surface area contributed by atoms with Crippen LogP contribution < -0.4 is 10.6 Å². The molecule has 2 aliphatic heterocycles. The maximum atomic E-state index is 5.16. The van der Waals surface area contributed by atoms with E-state index < -0.39 is 0 Å². The van der Waals surface area contributed by atoms with E-state index in [1.54, 1.807) is 12.0 Å². The van der Waals surface area contributed by atoms with Crippen LogP contribution in [0.3, 0.4) is 0 Å². The second kappa shape index (κ2) is 9.89. The first-order valence-corrected chi connectivity index (χ1v) is 11.8. The zero-order valence-electron chi connectivity index (χ0n) is 18.2. The third-order valence-electron chi connectivity index (χ3n) is 5.83. The summed E-state index contributed by atoms with van der Waals surface area (Å²) in [5, 5.41) is 13.8. The van der Waals surface area contributed by atoms with Crippen molar-refractivity contribution in [3.05, 3.63) is 33.5 Å². The molecule has 4 rings (SSSR count). The molecule has 0 bridgehead atoms. The topological polar surface area (TPSA) is 79.6 Å². The van der Waals surface area contributed by atoms with E-state index in [-0.39, 0.29) is 0 Å². The molecule has 0 radical (unpaired) electrons. The summed E-state index contributed by atoms with van der Waals surface area (Å²) in [5.41, 5.74) is 1.49. The molecular formula is C21H33N7OS. The van der Waals surface area contributed by atoms with E-state index in [4.69, 9.17) is 9.73 Å². The third kappa shape index (κ3) is 5.01. The lowest BCUT2D eigenvalue weighted by Gasteiger charge is -2.32. The maximum Gasteiger partial charge on any atom is 0.191 e. The summed E-state index contributed by atoms with van der Waals surface area (Å²) in [6.45, 7) is 9.45. The summed E-state index contributed by atoms with van der Waals surface area (Å²) in [6.07, 6.45) is 3.10. The molecule has 30 heavy (non-hydrogen) atoms. The minimum absolute atomic E-state index is 0.297. The number of aromatic nitrogens is 3. The van der Waals surface area contributed by atoms with E-state index in [1.165, 1.54) is 5.56 Å². The van der Waals surface area contributed by atoms with Crippen LogP contribution >= 0.6 is 11.3 Å². The van der Waals surface area contributed by atoms with Gasteiger partial charge in [-0.1, -0.05) is 0 Å². The third-order valence-corrected chi connectivity index (χ3v) is 6.86. The average molecular weight is 432 g/mol. The number of methoxy groups -OCH3 is 1. The van der Waals surface area contributed by atoms with Crippen LogP contribution in [0.2, 0.25) is 0 Å². The van der Waals surface area contributed by atoms with Crippen LogP contribution in [0, 0.1) is 0 Å². The second-order valence-corrected chi connectivity index (χ2v) is 9.10. The maximum absolute atomic E-state index is 5.16. The number of ether oxygens (including phenoxy) is 1. The molecule has 2 N–H and O–H groups in total. The predicted octanol–water partition coefficient (Wildman–Crippen LogP) is 1.80. The van der Waals surface area contributed by atoms with Crippen LogP contribution in [0.5, 0.6) is 0 Å². The van der Waals surface area contributed by atoms with Gasteiger partial charge in [-0.25, -0.2) is 9.67 Å². The lowest BCUT2D eigenvalue weighted by Crippen LogP contribution is -2.47. The van der Waals surface area contributed by atoms with E-state index in [1.807, 2.05) is 16.0 Å². The normalized spacial score (nSPS) is 20.5. The number of aryl methyl sites for hydroxylation is 1. The minimum Gasteiger partial charge on any atom is -0.377 e. The molecule has 2 unspecified atom stereocenters. The molecule has 164 valence electrons. The molecule has 9 heteroatoms. The van der Waals surface area contributed by atoms with Gasteiger partial charge in [-0.05, 0) is 43.7 Å². The van der Waals surface area contributed by atoms with Gasteiger partial charge in [0.25, 0.3) is 0 Å². The quantitative estimate of drug-likeness (QED) is 0.514. The largest absolute Gasteiger partial charge is 0.377 e. The van der Waals surface area contributed by atoms with Crippen molar-refractivity contribution >= 4 is 17.3 Å². The molecule has 0 spiro atoms. The van der Waals surface area contributed by atoms with Crippen molar-refractivity contribution in [2.24, 2.45) is 4.99 Å². The van der Waals surface area contributed by atoms with E-state index in [0.717, 1.165) is 69.6 Å². The lowest BCUT2D eigenvalue weighted by atomic mass is 10.1. The first-order valence-electron chi connectivity index (χ1n) is 10.9. The molecule has 2 aliphatic rings. The molecule has 0 aliphatic carbocycles. The van der Waals surface area contributed by atoms with Gasteiger partial charge in [0.1, 0.15) is 12.4 Å². The molecule has 2 atom stereocenters. The molecular weight excluding hydrogens is 398 g/mol. The summed E-state index contributed by atoms with van der Waals surface area (Å²) >= 11 is 1.89. The van der Waals surface area contributed by atoms with E-state index >= 15 is 0 Å². The number of aliphatic imine (C=N–C) groups is 1. The van der Waals surface area contributed by atoms with Crippen LogP contribution in [-0.4, -0.2) is 64.5 Å². The molecule has 0 aromatic carbocycles. The SMILES string of the molecule is CCNC(=NCC(C)N1CCc2sccc2C1)NC1CCc2nc(COC)nn2C1. The monoisotopic (exact) mass is 431 g/mol. The highest BCUT2D eigenvalue weighted by Crippen LogP contribution is 2.25. The number of nitrogens with one attached hydrogen (secondary N) is 2. The average Bonchev–Trinajstić information content (AvgIpc) is 3.37. The van der Waals surface area contributed by atoms with Gasteiger partial charge < -0.3 is 15.4 Å². The number of thiophene rings is 1. The minimum atomic E-state index is 0.297. The molecule has 2 aromatic heterocycles. The Morgan fingerprint density at radius 1 is 1.43 bits per heavy atom. The predicted molar refractivity (Wildman–Crippen MR) is 120 cm³/mol. The highest BCUT2D eigenvalue weighted by molar-refractivity contribution is 7.10. The Morgan fingerprint density at radius 3 is 3.17 bits per heavy atom. The summed E-state index contributed by atoms with van der Waals surface area (Å²) in [5.74, 6) is 2.70. The lowest BCUT2D eigenvalue weighted by molar-refractivity contribution is 0.177. The van der Waals surface area contributed by atoms with Gasteiger partial charge in [-0.3, -0.25) is 9.89 Å². The first-order chi connectivity index (χ1) is 14.7. The molecule has 0 fully saturated rings. The van der Waals surface area contributed by atoms with Crippen molar-refractivity contribution in [2.45, 2.75) is 64.9 Å². The Bertz CT molecular complexity index is 861. The van der Waals surface area contributed by atoms with Crippen molar-refractivity contribution in [2.75, 3.05) is 26.7 Å². The zero-order valence-corrected chi connectivity index (χ0v) is 19.0. The highest BCUT2D eigenvalue weighted by atomic mass is 32.1. The van der Waals surface area contributed by atoms with Gasteiger partial charge in [0.15, 0.2) is 11.8 Å². The Hall–Kier alpha value is -1.97. The van der Waals surface area contributed by atoms with E-state index in [0.29, 0.717) is 18.7 Å². The summed E-state index contributed by atoms with van der Waals surface area (Å²) in [6, 6.07) is 2.98. The number of nitrogens with zero attached hydrogens (tertiary/aromatic N) is 5. The van der Waals surface area contributed by atoms with Gasteiger partial charge in [-0.2, -0.15) is 5.10 Å². The molecule has 4 heterocycles. The van der Waals surface area contributed by atoms with Crippen molar-refractivity contribution in [1.82, 2.24) is 30.3 Å². The van der Waals surface area contributed by atoms with Crippen LogP contribution in [0.15, 0.2) is 16.4 Å². The van der Waals surface area contributed by atoms with Crippen LogP contribution in [0.4, 0.5) is 0 Å². The molecule has 0 saturated carbocycles. The van der Waals surface area contributed by atoms with Crippen LogP contribution in [-0.2, 0) is 37.3 Å². The summed E-state index contributed by atoms with van der Waals surface area (Å²) < 4.78 is 7.17. The van der Waals surface area contributed by atoms with Crippen LogP contribution in [0.1, 0.15) is 42.4 Å². The number of hydrogen-bond donors (Lipinski definition) is 2. The fourth-order valence-electron chi connectivity index (χ4n) is 4.17. The number of rotatable bonds is 7. The van der Waals surface area contributed by atoms with Crippen molar-refractivity contribution in [1.29, 1.82) is 0 Å². The van der Waals surface area contributed by atoms with Crippen molar-refractivity contribution < 1.29 is 4.74 Å². The summed E-state index contributed by atoms with van der Waals surface area (Å²) in [4.78, 5) is 13.6. The second-order valence-electron chi connectivity index (χ2n) is 8.10. The van der Waals surface area contributed by atoms with E-state index in [9.17, 15) is 0 Å². The Morgan fingerprint density at radius 2 is 2.33 bits per heavy atom. The Kier molecular flexibility index (Phi) is 7.01. The first kappa shape index (κ1) is 21.3. The van der Waals surface area contributed by atoms with Crippen molar-refractivity contribution in [3.8, 4) is 0 Å². The fourth-order valence-corrected chi connectivity index (χ4v) is 5.06. The zero-order chi connectivity index (χ0) is 20.9.